The van der Waals surface area contributed by atoms with Crippen molar-refractivity contribution < 1.29 is 57.4 Å². The van der Waals surface area contributed by atoms with Crippen molar-refractivity contribution in [3.05, 3.63) is 187 Å². The molecule has 0 bridgehead atoms. The van der Waals surface area contributed by atoms with E-state index in [1.165, 1.54) is 111 Å². The molecule has 32 heteroatoms. The molecule has 580 valence electrons. The van der Waals surface area contributed by atoms with Gasteiger partial charge in [0.05, 0.1) is 84.6 Å². The van der Waals surface area contributed by atoms with Crippen LogP contribution in [0.25, 0.3) is 6.08 Å². The smallest absolute Gasteiger partial charge is 0.343 e. The quantitative estimate of drug-likeness (QED) is 0.00639. The highest BCUT2D eigenvalue weighted by atomic mass is 35.5. The van der Waals surface area contributed by atoms with Crippen molar-refractivity contribution in [1.82, 2.24) is 49.8 Å². The summed E-state index contributed by atoms with van der Waals surface area (Å²) < 4.78 is 36.9. The van der Waals surface area contributed by atoms with Crippen LogP contribution in [0.15, 0.2) is 136 Å². The molecule has 26 nitrogen and oxygen atoms in total. The van der Waals surface area contributed by atoms with Gasteiger partial charge >= 0.3 is 17.9 Å². The van der Waals surface area contributed by atoms with Gasteiger partial charge in [0, 0.05) is 70.4 Å². The van der Waals surface area contributed by atoms with E-state index in [-0.39, 0.29) is 47.5 Å². The highest BCUT2D eigenvalue weighted by molar-refractivity contribution is 7.99. The number of aryl methyl sites for hydroxylation is 4. The molecule has 0 aliphatic heterocycles. The van der Waals surface area contributed by atoms with E-state index < -0.39 is 11.9 Å². The highest BCUT2D eigenvalue weighted by Crippen LogP contribution is 2.44. The lowest BCUT2D eigenvalue weighted by Gasteiger charge is -2.19. The summed E-state index contributed by atoms with van der Waals surface area (Å²) in [5, 5.41) is 26.6. The van der Waals surface area contributed by atoms with Crippen LogP contribution in [-0.4, -0.2) is 159 Å². The third-order valence-corrected chi connectivity index (χ3v) is 20.9. The van der Waals surface area contributed by atoms with Gasteiger partial charge in [-0.05, 0) is 156 Å². The SMILES string of the molecule is CCOC(=O)/C=C/c1cnc(SC)nc1NC1CCc2cccc(OC)c21.CCOC(=O)c1cnc(SC)nc1Cl.CCOC(=O)c1cnc(SC)nc1NC1CCc2cccc(OC)c21.COc1cccc2c1C(Nc1nc(SC)ncc1C=O)CC2.COc1cccc2c1C(Nc1nc(SC)ncc1CO)CC2. The molecule has 9 aromatic rings. The molecule has 4 unspecified atom stereocenters. The van der Waals surface area contributed by atoms with Gasteiger partial charge in [0.15, 0.2) is 32.1 Å². The van der Waals surface area contributed by atoms with Crippen LogP contribution in [-0.2, 0) is 51.3 Å². The van der Waals surface area contributed by atoms with Gasteiger partial charge in [-0.3, -0.25) is 4.79 Å². The van der Waals surface area contributed by atoms with Crippen molar-refractivity contribution in [2.75, 3.05) is 101 Å². The fourth-order valence-corrected chi connectivity index (χ4v) is 14.7. The van der Waals surface area contributed by atoms with E-state index >= 15 is 0 Å². The first-order valence-electron chi connectivity index (χ1n) is 35.2. The van der Waals surface area contributed by atoms with Gasteiger partial charge in [0.1, 0.15) is 62.5 Å². The van der Waals surface area contributed by atoms with Crippen LogP contribution >= 0.6 is 70.4 Å². The molecule has 0 amide bonds. The van der Waals surface area contributed by atoms with E-state index in [0.29, 0.717) is 85.6 Å². The van der Waals surface area contributed by atoms with Gasteiger partial charge in [-0.2, -0.15) is 0 Å². The number of benzene rings is 4. The van der Waals surface area contributed by atoms with Gasteiger partial charge in [-0.1, -0.05) is 119 Å². The number of hydrogen-bond donors (Lipinski definition) is 5. The summed E-state index contributed by atoms with van der Waals surface area (Å²) in [5.41, 5.74) is 12.3. The predicted octanol–water partition coefficient (Wildman–Crippen LogP) is 15.3. The van der Waals surface area contributed by atoms with Crippen LogP contribution in [0.1, 0.15) is 157 Å². The van der Waals surface area contributed by atoms with E-state index in [0.717, 1.165) is 97.3 Å². The molecule has 4 aliphatic carbocycles. The molecular formula is C78H89ClN14O12S5. The van der Waals surface area contributed by atoms with E-state index in [1.807, 2.05) is 79.8 Å². The first-order chi connectivity index (χ1) is 53.5. The molecule has 5 heterocycles. The summed E-state index contributed by atoms with van der Waals surface area (Å²) in [6.45, 7) is 6.16. The van der Waals surface area contributed by atoms with Crippen LogP contribution in [0, 0.1) is 0 Å². The number of thioether (sulfide) groups is 5. The third kappa shape index (κ3) is 21.7. The van der Waals surface area contributed by atoms with Crippen molar-refractivity contribution in [3.8, 4) is 23.0 Å². The van der Waals surface area contributed by atoms with Gasteiger partial charge in [0.2, 0.25) is 0 Å². The lowest BCUT2D eigenvalue weighted by Crippen LogP contribution is -2.16. The molecule has 0 spiro atoms. The number of nitrogens with zero attached hydrogens (tertiary/aromatic N) is 10. The summed E-state index contributed by atoms with van der Waals surface area (Å²) in [6.07, 6.45) is 29.0. The number of carbonyl (C=O) groups is 4. The minimum atomic E-state index is -0.495. The van der Waals surface area contributed by atoms with E-state index in [1.54, 1.807) is 73.9 Å². The summed E-state index contributed by atoms with van der Waals surface area (Å²) in [7, 11) is 6.74. The Balaban J connectivity index is 0.000000160. The summed E-state index contributed by atoms with van der Waals surface area (Å²) in [6, 6.07) is 24.8. The van der Waals surface area contributed by atoms with E-state index in [2.05, 4.69) is 95.4 Å². The number of carbonyl (C=O) groups excluding carboxylic acids is 4. The van der Waals surface area contributed by atoms with E-state index in [4.69, 9.17) is 44.8 Å². The number of aromatic nitrogens is 10. The second kappa shape index (κ2) is 42.6. The number of aliphatic hydroxyl groups is 1. The predicted molar refractivity (Wildman–Crippen MR) is 434 cm³/mol. The molecule has 0 saturated heterocycles. The molecule has 4 aliphatic rings. The molecule has 5 aromatic heterocycles. The maximum Gasteiger partial charge on any atom is 0.343 e. The Morgan fingerprint density at radius 3 is 1.17 bits per heavy atom. The molecule has 110 heavy (non-hydrogen) atoms. The number of nitrogens with one attached hydrogen (secondary N) is 4. The molecule has 13 rings (SSSR count). The van der Waals surface area contributed by atoms with Gasteiger partial charge in [0.25, 0.3) is 0 Å². The number of halogens is 1. The maximum absolute atomic E-state index is 12.2. The van der Waals surface area contributed by atoms with Crippen LogP contribution in [0.3, 0.4) is 0 Å². The van der Waals surface area contributed by atoms with Gasteiger partial charge < -0.3 is 59.5 Å². The molecule has 0 fully saturated rings. The summed E-state index contributed by atoms with van der Waals surface area (Å²) in [5.74, 6) is 4.68. The number of esters is 3. The summed E-state index contributed by atoms with van der Waals surface area (Å²) >= 11 is 13.0. The normalized spacial score (nSPS) is 15.1. The first kappa shape index (κ1) is 84.5. The molecule has 0 radical (unpaired) electrons. The minimum absolute atomic E-state index is 0.0314. The zero-order valence-corrected chi connectivity index (χ0v) is 68.0. The second-order valence-corrected chi connectivity index (χ2v) is 28.3. The Hall–Kier alpha value is -9.50. The average molecular weight is 1610 g/mol. The molecule has 4 atom stereocenters. The number of hydrogen-bond acceptors (Lipinski definition) is 31. The Morgan fingerprint density at radius 1 is 0.455 bits per heavy atom. The van der Waals surface area contributed by atoms with Crippen LogP contribution in [0.4, 0.5) is 23.3 Å². The lowest BCUT2D eigenvalue weighted by atomic mass is 10.1. The van der Waals surface area contributed by atoms with Crippen molar-refractivity contribution in [1.29, 1.82) is 0 Å². The maximum atomic E-state index is 12.2. The largest absolute Gasteiger partial charge is 0.496 e. The van der Waals surface area contributed by atoms with Gasteiger partial charge in [-0.15, -0.1) is 0 Å². The van der Waals surface area contributed by atoms with E-state index in [9.17, 15) is 24.3 Å². The van der Waals surface area contributed by atoms with Crippen LogP contribution in [0.2, 0.25) is 5.15 Å². The Labute approximate surface area is 666 Å². The number of ether oxygens (including phenoxy) is 7. The molecule has 0 saturated carbocycles. The van der Waals surface area contributed by atoms with Crippen molar-refractivity contribution in [2.45, 2.75) is 129 Å². The average Bonchev–Trinajstić information content (AvgIpc) is 1.65. The Kier molecular flexibility index (Phi) is 32.7. The van der Waals surface area contributed by atoms with Crippen molar-refractivity contribution >= 4 is 124 Å². The number of aldehydes is 1. The van der Waals surface area contributed by atoms with Crippen LogP contribution < -0.4 is 40.2 Å². The monoisotopic (exact) mass is 1610 g/mol. The first-order valence-corrected chi connectivity index (χ1v) is 41.7. The molecule has 5 N–H and O–H groups in total. The minimum Gasteiger partial charge on any atom is -0.496 e. The second-order valence-electron chi connectivity index (χ2n) is 24.1. The fraction of sp³-hybridized carbons (Fsp3) is 0.359. The topological polar surface area (TPSA) is 330 Å². The van der Waals surface area contributed by atoms with Crippen LogP contribution in [0.5, 0.6) is 23.0 Å². The Bertz CT molecular complexity index is 4690. The molecular weight excluding hydrogens is 1520 g/mol. The summed E-state index contributed by atoms with van der Waals surface area (Å²) in [4.78, 5) is 89.1. The molecule has 4 aromatic carbocycles. The van der Waals surface area contributed by atoms with Gasteiger partial charge in [-0.25, -0.2) is 64.2 Å². The van der Waals surface area contributed by atoms with Crippen molar-refractivity contribution in [2.24, 2.45) is 0 Å². The zero-order chi connectivity index (χ0) is 78.6. The number of fused-ring (bicyclic) bond motifs is 4. The number of aliphatic hydroxyl groups excluding tert-OH is 1. The number of methoxy groups -OCH3 is 4. The Morgan fingerprint density at radius 2 is 0.791 bits per heavy atom. The zero-order valence-electron chi connectivity index (χ0n) is 63.2. The fourth-order valence-electron chi connectivity index (χ4n) is 12.7. The third-order valence-electron chi connectivity index (χ3n) is 17.8. The lowest BCUT2D eigenvalue weighted by molar-refractivity contribution is -0.137. The number of anilines is 4. The standard InChI is InChI=1S/C20H23N3O3S.C18H21N3O3S.C16H19N3O2S.C16H17N3O2S.C8H9ClN2O2S/c1-4-26-17(24)11-9-14-12-21-20(27-3)23-19(14)22-15-10-8-13-6-5-7-16(25-2)18(13)15;1-4-24-17(22)12-10-19-18(25-3)21-16(12)20-13-9-8-11-6-5-7-14(23-2)15(11)13;2*1-21-13-5-3-4-10-6-7-12(14(10)13)18-15-11(9-20)8-17-16(19-15)22-2;1-3-13-7(12)5-4-10-8(14-2)11-6(5)9/h5-7,9,11-12,15H,4,8,10H2,1-3H3,(H,21,22,23);5-7,10,13H,4,8-9H2,1-3H3,(H,19,20,21);3-5,8,12,20H,6-7,9H2,1-2H3,(H,17,18,19);3-5,8-9,12H,6-7H2,1-2H3,(H,17,18,19);4H,3H2,1-2H3/b11-9+;;;;. The van der Waals surface area contributed by atoms with Crippen molar-refractivity contribution in [3.63, 3.8) is 0 Å². The highest BCUT2D eigenvalue weighted by Gasteiger charge is 2.32. The number of rotatable bonds is 26.